The van der Waals surface area contributed by atoms with Crippen molar-refractivity contribution in [3.8, 4) is 11.1 Å². The second-order valence-corrected chi connectivity index (χ2v) is 4.15. The van der Waals surface area contributed by atoms with Gasteiger partial charge in [0, 0.05) is 6.61 Å². The van der Waals surface area contributed by atoms with Crippen molar-refractivity contribution in [2.75, 3.05) is 6.61 Å². The molecule has 0 spiro atoms. The van der Waals surface area contributed by atoms with E-state index < -0.39 is 0 Å². The minimum atomic E-state index is -0.254. The van der Waals surface area contributed by atoms with Crippen molar-refractivity contribution in [1.29, 1.82) is 0 Å². The van der Waals surface area contributed by atoms with Gasteiger partial charge in [0.05, 0.1) is 0 Å². The molecule has 0 fully saturated rings. The van der Waals surface area contributed by atoms with Crippen molar-refractivity contribution in [3.63, 3.8) is 0 Å². The van der Waals surface area contributed by atoms with Gasteiger partial charge in [-0.3, -0.25) is 0 Å². The van der Waals surface area contributed by atoms with Gasteiger partial charge in [-0.15, -0.1) is 0 Å². The van der Waals surface area contributed by atoms with Crippen molar-refractivity contribution in [2.45, 2.75) is 13.3 Å². The fourth-order valence-corrected chi connectivity index (χ4v) is 1.89. The molecule has 2 aromatic rings. The van der Waals surface area contributed by atoms with Crippen LogP contribution in [0.2, 0.25) is 0 Å². The molecule has 0 heterocycles. The fourth-order valence-electron chi connectivity index (χ4n) is 1.89. The Morgan fingerprint density at radius 3 is 2.53 bits per heavy atom. The molecule has 0 aliphatic heterocycles. The van der Waals surface area contributed by atoms with E-state index in [1.54, 1.807) is 12.1 Å². The van der Waals surface area contributed by atoms with Crippen LogP contribution in [0.1, 0.15) is 11.1 Å². The molecule has 0 bridgehead atoms. The third kappa shape index (κ3) is 2.71. The van der Waals surface area contributed by atoms with Gasteiger partial charge in [-0.25, -0.2) is 4.39 Å². The number of aliphatic hydroxyl groups is 1. The lowest BCUT2D eigenvalue weighted by atomic mass is 10.00. The summed E-state index contributed by atoms with van der Waals surface area (Å²) in [5.41, 5.74) is 3.80. The molecule has 2 aromatic carbocycles. The Labute approximate surface area is 101 Å². The zero-order chi connectivity index (χ0) is 12.3. The summed E-state index contributed by atoms with van der Waals surface area (Å²) in [5.74, 6) is -0.254. The van der Waals surface area contributed by atoms with E-state index in [9.17, 15) is 4.39 Å². The molecule has 0 aliphatic rings. The van der Waals surface area contributed by atoms with Crippen LogP contribution in [0.4, 0.5) is 4.39 Å². The standard InChI is InChI=1S/C15H15FO/c1-11-3-2-4-12(9-11)13-5-6-15(16)14(10-13)7-8-17/h2-6,9-10,17H,7-8H2,1H3. The lowest BCUT2D eigenvalue weighted by Gasteiger charge is -2.07. The van der Waals surface area contributed by atoms with Crippen molar-refractivity contribution >= 4 is 0 Å². The Bertz CT molecular complexity index is 520. The van der Waals surface area contributed by atoms with Crippen LogP contribution in [0.25, 0.3) is 11.1 Å². The highest BCUT2D eigenvalue weighted by atomic mass is 19.1. The van der Waals surface area contributed by atoms with Crippen molar-refractivity contribution in [2.24, 2.45) is 0 Å². The normalized spacial score (nSPS) is 10.5. The molecule has 17 heavy (non-hydrogen) atoms. The van der Waals surface area contributed by atoms with Crippen LogP contribution in [0.5, 0.6) is 0 Å². The van der Waals surface area contributed by atoms with E-state index >= 15 is 0 Å². The van der Waals surface area contributed by atoms with Crippen LogP contribution >= 0.6 is 0 Å². The third-order valence-electron chi connectivity index (χ3n) is 2.78. The quantitative estimate of drug-likeness (QED) is 0.857. The summed E-state index contributed by atoms with van der Waals surface area (Å²) in [6.45, 7) is 2.00. The molecule has 0 saturated heterocycles. The smallest absolute Gasteiger partial charge is 0.126 e. The van der Waals surface area contributed by atoms with E-state index in [1.165, 1.54) is 11.6 Å². The molecule has 0 atom stereocenters. The van der Waals surface area contributed by atoms with E-state index in [0.717, 1.165) is 11.1 Å². The minimum absolute atomic E-state index is 0.0335. The fraction of sp³-hybridized carbons (Fsp3) is 0.200. The van der Waals surface area contributed by atoms with E-state index in [-0.39, 0.29) is 12.4 Å². The zero-order valence-electron chi connectivity index (χ0n) is 9.78. The maximum absolute atomic E-state index is 13.4. The second-order valence-electron chi connectivity index (χ2n) is 4.15. The van der Waals surface area contributed by atoms with Crippen LogP contribution in [-0.4, -0.2) is 11.7 Å². The van der Waals surface area contributed by atoms with Gasteiger partial charge >= 0.3 is 0 Å². The largest absolute Gasteiger partial charge is 0.396 e. The number of hydrogen-bond donors (Lipinski definition) is 1. The van der Waals surface area contributed by atoms with Gasteiger partial charge in [0.25, 0.3) is 0 Å². The summed E-state index contributed by atoms with van der Waals surface area (Å²) in [5, 5.41) is 8.88. The van der Waals surface area contributed by atoms with Crippen LogP contribution in [0.3, 0.4) is 0 Å². The third-order valence-corrected chi connectivity index (χ3v) is 2.78. The van der Waals surface area contributed by atoms with Crippen LogP contribution in [0.15, 0.2) is 42.5 Å². The first kappa shape index (κ1) is 11.8. The average molecular weight is 230 g/mol. The first-order valence-electron chi connectivity index (χ1n) is 5.67. The second kappa shape index (κ2) is 5.11. The Morgan fingerprint density at radius 2 is 1.82 bits per heavy atom. The van der Waals surface area contributed by atoms with Gasteiger partial charge in [-0.05, 0) is 42.2 Å². The molecule has 2 heteroatoms. The number of benzene rings is 2. The predicted molar refractivity (Wildman–Crippen MR) is 67.4 cm³/mol. The van der Waals surface area contributed by atoms with E-state index in [0.29, 0.717) is 12.0 Å². The van der Waals surface area contributed by atoms with E-state index in [1.807, 2.05) is 25.1 Å². The summed E-state index contributed by atoms with van der Waals surface area (Å²) in [6.07, 6.45) is 0.353. The maximum atomic E-state index is 13.4. The van der Waals surface area contributed by atoms with Crippen molar-refractivity contribution in [1.82, 2.24) is 0 Å². The molecule has 0 aliphatic carbocycles. The van der Waals surface area contributed by atoms with Crippen LogP contribution in [-0.2, 0) is 6.42 Å². The summed E-state index contributed by atoms with van der Waals surface area (Å²) in [6, 6.07) is 13.1. The highest BCUT2D eigenvalue weighted by Crippen LogP contribution is 2.23. The summed E-state index contributed by atoms with van der Waals surface area (Å²) in [4.78, 5) is 0. The predicted octanol–water partition coefficient (Wildman–Crippen LogP) is 3.34. The summed E-state index contributed by atoms with van der Waals surface area (Å²) < 4.78 is 13.4. The minimum Gasteiger partial charge on any atom is -0.396 e. The van der Waals surface area contributed by atoms with Gasteiger partial charge in [0.2, 0.25) is 0 Å². The number of aryl methyl sites for hydroxylation is 1. The maximum Gasteiger partial charge on any atom is 0.126 e. The molecule has 1 N–H and O–H groups in total. The highest BCUT2D eigenvalue weighted by Gasteiger charge is 2.04. The molecule has 0 saturated carbocycles. The SMILES string of the molecule is Cc1cccc(-c2ccc(F)c(CCO)c2)c1. The molecule has 88 valence electrons. The number of hydrogen-bond acceptors (Lipinski definition) is 1. The van der Waals surface area contributed by atoms with Crippen LogP contribution < -0.4 is 0 Å². The van der Waals surface area contributed by atoms with Gasteiger partial charge in [0.1, 0.15) is 5.82 Å². The van der Waals surface area contributed by atoms with Gasteiger partial charge in [0.15, 0.2) is 0 Å². The molecule has 0 unspecified atom stereocenters. The molecule has 0 aromatic heterocycles. The molecule has 2 rings (SSSR count). The zero-order valence-corrected chi connectivity index (χ0v) is 9.78. The molecular formula is C15H15FO. The molecule has 1 nitrogen and oxygen atoms in total. The van der Waals surface area contributed by atoms with E-state index in [4.69, 9.17) is 5.11 Å². The number of halogens is 1. The Hall–Kier alpha value is -1.67. The Balaban J connectivity index is 2.42. The first-order valence-corrected chi connectivity index (χ1v) is 5.67. The first-order chi connectivity index (χ1) is 8.20. The van der Waals surface area contributed by atoms with Crippen molar-refractivity contribution in [3.05, 3.63) is 59.4 Å². The topological polar surface area (TPSA) is 20.2 Å². The van der Waals surface area contributed by atoms with Gasteiger partial charge in [-0.2, -0.15) is 0 Å². The average Bonchev–Trinajstić information content (AvgIpc) is 2.32. The number of rotatable bonds is 3. The number of aliphatic hydroxyl groups excluding tert-OH is 1. The molecule has 0 amide bonds. The van der Waals surface area contributed by atoms with E-state index in [2.05, 4.69) is 6.07 Å². The van der Waals surface area contributed by atoms with Crippen LogP contribution in [0, 0.1) is 12.7 Å². The lowest BCUT2D eigenvalue weighted by Crippen LogP contribution is -1.95. The van der Waals surface area contributed by atoms with Gasteiger partial charge in [-0.1, -0.05) is 35.9 Å². The van der Waals surface area contributed by atoms with Gasteiger partial charge < -0.3 is 5.11 Å². The summed E-state index contributed by atoms with van der Waals surface area (Å²) in [7, 11) is 0. The highest BCUT2D eigenvalue weighted by molar-refractivity contribution is 5.65. The monoisotopic (exact) mass is 230 g/mol. The molecule has 0 radical (unpaired) electrons. The molecular weight excluding hydrogens is 215 g/mol. The lowest BCUT2D eigenvalue weighted by molar-refractivity contribution is 0.297. The Morgan fingerprint density at radius 1 is 1.06 bits per heavy atom. The summed E-state index contributed by atoms with van der Waals surface area (Å²) >= 11 is 0. The van der Waals surface area contributed by atoms with Crippen molar-refractivity contribution < 1.29 is 9.50 Å². The Kier molecular flexibility index (Phi) is 3.55.